The molecule has 122 valence electrons. The van der Waals surface area contributed by atoms with Crippen molar-refractivity contribution in [3.8, 4) is 0 Å². The number of piperazine rings is 1. The summed E-state index contributed by atoms with van der Waals surface area (Å²) in [6.07, 6.45) is -4.74. The first-order valence-corrected chi connectivity index (χ1v) is 7.05. The van der Waals surface area contributed by atoms with Crippen molar-refractivity contribution in [2.45, 2.75) is 26.1 Å². The second-order valence-electron chi connectivity index (χ2n) is 5.57. The van der Waals surface area contributed by atoms with E-state index in [0.717, 1.165) is 25.2 Å². The van der Waals surface area contributed by atoms with Crippen molar-refractivity contribution in [3.05, 3.63) is 33.9 Å². The Hall–Kier alpha value is -1.83. The highest BCUT2D eigenvalue weighted by molar-refractivity contribution is 5.57. The van der Waals surface area contributed by atoms with Crippen molar-refractivity contribution in [2.24, 2.45) is 0 Å². The maximum Gasteiger partial charge on any atom is 0.423 e. The van der Waals surface area contributed by atoms with E-state index in [-0.39, 0.29) is 0 Å². The normalized spacial score (nSPS) is 17.1. The van der Waals surface area contributed by atoms with E-state index in [2.05, 4.69) is 18.7 Å². The second kappa shape index (κ2) is 6.12. The van der Waals surface area contributed by atoms with Gasteiger partial charge in [0.15, 0.2) is 0 Å². The van der Waals surface area contributed by atoms with E-state index < -0.39 is 22.4 Å². The van der Waals surface area contributed by atoms with E-state index in [9.17, 15) is 23.3 Å². The summed E-state index contributed by atoms with van der Waals surface area (Å²) >= 11 is 0. The third kappa shape index (κ3) is 3.49. The summed E-state index contributed by atoms with van der Waals surface area (Å²) in [6, 6.07) is 3.60. The van der Waals surface area contributed by atoms with Crippen molar-refractivity contribution >= 4 is 11.4 Å². The van der Waals surface area contributed by atoms with Gasteiger partial charge >= 0.3 is 6.18 Å². The van der Waals surface area contributed by atoms with Crippen LogP contribution in [0.2, 0.25) is 0 Å². The number of benzene rings is 1. The Morgan fingerprint density at radius 2 is 1.77 bits per heavy atom. The van der Waals surface area contributed by atoms with Crippen LogP contribution in [0.3, 0.4) is 0 Å². The van der Waals surface area contributed by atoms with Crippen LogP contribution in [0.5, 0.6) is 0 Å². The van der Waals surface area contributed by atoms with Gasteiger partial charge in [0.05, 0.1) is 4.92 Å². The van der Waals surface area contributed by atoms with Gasteiger partial charge in [0.1, 0.15) is 5.56 Å². The summed E-state index contributed by atoms with van der Waals surface area (Å²) in [6.45, 7) is 6.87. The third-order valence-electron chi connectivity index (χ3n) is 3.89. The first kappa shape index (κ1) is 16.5. The number of rotatable bonds is 3. The number of halogens is 3. The van der Waals surface area contributed by atoms with Crippen LogP contribution in [0.25, 0.3) is 0 Å². The Balaban J connectivity index is 2.25. The minimum atomic E-state index is -4.74. The highest BCUT2D eigenvalue weighted by Gasteiger charge is 2.38. The first-order valence-electron chi connectivity index (χ1n) is 7.05. The average Bonchev–Trinajstić information content (AvgIpc) is 2.45. The molecule has 1 aliphatic rings. The fourth-order valence-electron chi connectivity index (χ4n) is 2.60. The van der Waals surface area contributed by atoms with Gasteiger partial charge < -0.3 is 4.90 Å². The summed E-state index contributed by atoms with van der Waals surface area (Å²) < 4.78 is 39.0. The zero-order chi connectivity index (χ0) is 16.5. The number of nitrogens with zero attached hydrogens (tertiary/aromatic N) is 3. The smallest absolute Gasteiger partial charge is 0.369 e. The zero-order valence-electron chi connectivity index (χ0n) is 12.4. The highest BCUT2D eigenvalue weighted by atomic mass is 19.4. The first-order chi connectivity index (χ1) is 10.2. The number of alkyl halides is 3. The molecule has 0 N–H and O–H groups in total. The monoisotopic (exact) mass is 317 g/mol. The van der Waals surface area contributed by atoms with Crippen LogP contribution in [0.4, 0.5) is 24.5 Å². The molecule has 0 atom stereocenters. The Bertz CT molecular complexity index is 553. The highest BCUT2D eigenvalue weighted by Crippen LogP contribution is 2.38. The van der Waals surface area contributed by atoms with E-state index in [0.29, 0.717) is 24.8 Å². The molecule has 5 nitrogen and oxygen atoms in total. The van der Waals surface area contributed by atoms with Gasteiger partial charge in [0.2, 0.25) is 0 Å². The lowest BCUT2D eigenvalue weighted by molar-refractivity contribution is -0.388. The number of nitro benzene ring substituents is 1. The van der Waals surface area contributed by atoms with Crippen molar-refractivity contribution in [3.63, 3.8) is 0 Å². The van der Waals surface area contributed by atoms with Gasteiger partial charge in [-0.1, -0.05) is 0 Å². The maximum absolute atomic E-state index is 13.0. The molecule has 0 bridgehead atoms. The fraction of sp³-hybridized carbons (Fsp3) is 0.571. The molecule has 0 aromatic heterocycles. The van der Waals surface area contributed by atoms with Gasteiger partial charge in [-0.15, -0.1) is 0 Å². The van der Waals surface area contributed by atoms with E-state index in [1.165, 1.54) is 6.07 Å². The van der Waals surface area contributed by atoms with E-state index in [1.54, 1.807) is 0 Å². The van der Waals surface area contributed by atoms with Gasteiger partial charge in [-0.25, -0.2) is 0 Å². The van der Waals surface area contributed by atoms with Crippen LogP contribution in [-0.4, -0.2) is 42.0 Å². The van der Waals surface area contributed by atoms with Gasteiger partial charge in [-0.2, -0.15) is 13.2 Å². The molecular weight excluding hydrogens is 299 g/mol. The molecule has 0 saturated carbocycles. The molecule has 2 rings (SSSR count). The van der Waals surface area contributed by atoms with Crippen LogP contribution in [0.1, 0.15) is 19.4 Å². The van der Waals surface area contributed by atoms with Crippen LogP contribution >= 0.6 is 0 Å². The Morgan fingerprint density at radius 3 is 2.23 bits per heavy atom. The number of nitro groups is 1. The molecule has 0 amide bonds. The standard InChI is InChI=1S/C14H18F3N3O2/c1-10(2)18-5-7-19(8-6-18)11-3-4-13(20(21)22)12(9-11)14(15,16)17/h3-4,9-10H,5-8H2,1-2H3. The minimum Gasteiger partial charge on any atom is -0.369 e. The summed E-state index contributed by atoms with van der Waals surface area (Å²) in [7, 11) is 0. The molecule has 8 heteroatoms. The van der Waals surface area contributed by atoms with E-state index in [4.69, 9.17) is 0 Å². The fourth-order valence-corrected chi connectivity index (χ4v) is 2.60. The summed E-state index contributed by atoms with van der Waals surface area (Å²) in [4.78, 5) is 13.8. The SMILES string of the molecule is CC(C)N1CCN(c2ccc([N+](=O)[O-])c(C(F)(F)F)c2)CC1. The van der Waals surface area contributed by atoms with Gasteiger partial charge in [0, 0.05) is 44.0 Å². The van der Waals surface area contributed by atoms with Crippen molar-refractivity contribution in [1.82, 2.24) is 4.90 Å². The Labute approximate surface area is 126 Å². The van der Waals surface area contributed by atoms with Crippen LogP contribution in [0, 0.1) is 10.1 Å². The average molecular weight is 317 g/mol. The number of hydrogen-bond acceptors (Lipinski definition) is 4. The lowest BCUT2D eigenvalue weighted by atomic mass is 10.1. The van der Waals surface area contributed by atoms with Crippen LogP contribution in [-0.2, 0) is 6.18 Å². The molecule has 1 aromatic rings. The minimum absolute atomic E-state index is 0.376. The van der Waals surface area contributed by atoms with E-state index >= 15 is 0 Å². The largest absolute Gasteiger partial charge is 0.423 e. The Kier molecular flexibility index (Phi) is 4.60. The molecule has 1 fully saturated rings. The summed E-state index contributed by atoms with van der Waals surface area (Å²) in [5, 5.41) is 10.8. The molecule has 1 aliphatic heterocycles. The third-order valence-corrected chi connectivity index (χ3v) is 3.89. The topological polar surface area (TPSA) is 49.6 Å². The molecule has 1 saturated heterocycles. The van der Waals surface area contributed by atoms with Gasteiger partial charge in [0.25, 0.3) is 5.69 Å². The van der Waals surface area contributed by atoms with Gasteiger partial charge in [-0.05, 0) is 26.0 Å². The second-order valence-corrected chi connectivity index (χ2v) is 5.57. The van der Waals surface area contributed by atoms with Crippen molar-refractivity contribution in [2.75, 3.05) is 31.1 Å². The molecule has 22 heavy (non-hydrogen) atoms. The maximum atomic E-state index is 13.0. The molecule has 1 aromatic carbocycles. The lowest BCUT2D eigenvalue weighted by Crippen LogP contribution is -2.48. The molecule has 0 spiro atoms. The van der Waals surface area contributed by atoms with Crippen molar-refractivity contribution < 1.29 is 18.1 Å². The number of hydrogen-bond donors (Lipinski definition) is 0. The summed E-state index contributed by atoms with van der Waals surface area (Å²) in [5.41, 5.74) is -1.72. The van der Waals surface area contributed by atoms with Gasteiger partial charge in [-0.3, -0.25) is 15.0 Å². The predicted molar refractivity (Wildman–Crippen MR) is 77.0 cm³/mol. The molecule has 0 aliphatic carbocycles. The molecule has 0 unspecified atom stereocenters. The molecule has 1 heterocycles. The lowest BCUT2D eigenvalue weighted by Gasteiger charge is -2.38. The zero-order valence-corrected chi connectivity index (χ0v) is 12.4. The molecule has 0 radical (unpaired) electrons. The van der Waals surface area contributed by atoms with Crippen LogP contribution < -0.4 is 4.90 Å². The number of anilines is 1. The van der Waals surface area contributed by atoms with Crippen LogP contribution in [0.15, 0.2) is 18.2 Å². The Morgan fingerprint density at radius 1 is 1.18 bits per heavy atom. The quantitative estimate of drug-likeness (QED) is 0.635. The predicted octanol–water partition coefficient (Wildman–Crippen LogP) is 3.14. The van der Waals surface area contributed by atoms with Crippen molar-refractivity contribution in [1.29, 1.82) is 0 Å². The van der Waals surface area contributed by atoms with E-state index in [1.807, 2.05) is 4.90 Å². The summed E-state index contributed by atoms with van der Waals surface area (Å²) in [5.74, 6) is 0. The molecular formula is C14H18F3N3O2.